The molecular formula is C24H21NO4. The first-order valence-electron chi connectivity index (χ1n) is 9.33. The summed E-state index contributed by atoms with van der Waals surface area (Å²) >= 11 is 0. The third-order valence-electron chi connectivity index (χ3n) is 4.38. The highest BCUT2D eigenvalue weighted by Crippen LogP contribution is 2.24. The van der Waals surface area contributed by atoms with Gasteiger partial charge in [-0.3, -0.25) is 9.59 Å². The van der Waals surface area contributed by atoms with E-state index in [1.807, 2.05) is 42.5 Å². The lowest BCUT2D eigenvalue weighted by molar-refractivity contribution is -0.115. The van der Waals surface area contributed by atoms with Gasteiger partial charge in [0.15, 0.2) is 12.4 Å². The van der Waals surface area contributed by atoms with Gasteiger partial charge in [0.25, 0.3) is 0 Å². The van der Waals surface area contributed by atoms with E-state index in [1.165, 1.54) is 0 Å². The minimum atomic E-state index is -0.551. The second-order valence-corrected chi connectivity index (χ2v) is 6.39. The normalized spacial score (nSPS) is 10.2. The van der Waals surface area contributed by atoms with Crippen molar-refractivity contribution in [3.05, 3.63) is 90.0 Å². The van der Waals surface area contributed by atoms with Crippen molar-refractivity contribution in [3.8, 4) is 11.1 Å². The molecule has 1 amide bonds. The van der Waals surface area contributed by atoms with Gasteiger partial charge in [-0.25, -0.2) is 4.79 Å². The smallest absolute Gasteiger partial charge is 0.339 e. The van der Waals surface area contributed by atoms with Crippen LogP contribution in [0.2, 0.25) is 0 Å². The third-order valence-corrected chi connectivity index (χ3v) is 4.38. The average molecular weight is 387 g/mol. The predicted molar refractivity (Wildman–Crippen MR) is 112 cm³/mol. The van der Waals surface area contributed by atoms with Gasteiger partial charge in [-0.2, -0.15) is 0 Å². The van der Waals surface area contributed by atoms with Crippen LogP contribution in [0.25, 0.3) is 11.1 Å². The van der Waals surface area contributed by atoms with E-state index >= 15 is 0 Å². The SMILES string of the molecule is CCC(=O)Nc1ccc(C(=O)COC(=O)c2ccccc2-c2ccccc2)cc1. The Hall–Kier alpha value is -3.73. The van der Waals surface area contributed by atoms with Crippen molar-refractivity contribution in [3.63, 3.8) is 0 Å². The van der Waals surface area contributed by atoms with E-state index in [2.05, 4.69) is 5.32 Å². The molecule has 0 aliphatic heterocycles. The van der Waals surface area contributed by atoms with Crippen LogP contribution in [0.15, 0.2) is 78.9 Å². The first-order chi connectivity index (χ1) is 14.1. The standard InChI is InChI=1S/C24H21NO4/c1-2-23(27)25-19-14-12-18(13-15-19)22(26)16-29-24(28)21-11-7-6-10-20(21)17-8-4-3-5-9-17/h3-15H,2,16H2,1H3,(H,25,27). The molecule has 0 aliphatic carbocycles. The Balaban J connectivity index is 1.65. The molecule has 0 heterocycles. The summed E-state index contributed by atoms with van der Waals surface area (Å²) in [6.45, 7) is 1.40. The molecule has 0 atom stereocenters. The molecule has 0 bridgehead atoms. The number of carbonyl (C=O) groups excluding carboxylic acids is 3. The summed E-state index contributed by atoms with van der Waals surface area (Å²) in [5.41, 5.74) is 3.08. The predicted octanol–water partition coefficient (Wildman–Crippen LogP) is 4.74. The van der Waals surface area contributed by atoms with Gasteiger partial charge in [0, 0.05) is 17.7 Å². The number of rotatable bonds is 7. The number of Topliss-reactive ketones (excluding diaryl/α,β-unsaturated/α-hetero) is 1. The Morgan fingerprint density at radius 2 is 1.48 bits per heavy atom. The number of amides is 1. The van der Waals surface area contributed by atoms with E-state index in [9.17, 15) is 14.4 Å². The molecule has 29 heavy (non-hydrogen) atoms. The molecule has 3 aromatic carbocycles. The van der Waals surface area contributed by atoms with Gasteiger partial charge in [-0.15, -0.1) is 0 Å². The summed E-state index contributed by atoms with van der Waals surface area (Å²) < 4.78 is 5.26. The molecule has 3 rings (SSSR count). The number of nitrogens with one attached hydrogen (secondary N) is 1. The maximum Gasteiger partial charge on any atom is 0.339 e. The Bertz CT molecular complexity index is 1010. The average Bonchev–Trinajstić information content (AvgIpc) is 2.78. The number of benzene rings is 3. The summed E-state index contributed by atoms with van der Waals surface area (Å²) in [5, 5.41) is 2.72. The highest BCUT2D eigenvalue weighted by atomic mass is 16.5. The number of ketones is 1. The number of carbonyl (C=O) groups is 3. The Labute approximate surface area is 169 Å². The molecule has 0 aromatic heterocycles. The molecule has 0 spiro atoms. The van der Waals surface area contributed by atoms with Crippen molar-refractivity contribution >= 4 is 23.3 Å². The van der Waals surface area contributed by atoms with Crippen LogP contribution in [-0.4, -0.2) is 24.3 Å². The number of hydrogen-bond donors (Lipinski definition) is 1. The number of hydrogen-bond acceptors (Lipinski definition) is 4. The highest BCUT2D eigenvalue weighted by molar-refractivity contribution is 6.02. The number of anilines is 1. The Morgan fingerprint density at radius 3 is 2.17 bits per heavy atom. The molecular weight excluding hydrogens is 366 g/mol. The molecule has 146 valence electrons. The van der Waals surface area contributed by atoms with Crippen molar-refractivity contribution in [2.45, 2.75) is 13.3 Å². The lowest BCUT2D eigenvalue weighted by Crippen LogP contribution is -2.15. The number of ether oxygens (including phenoxy) is 1. The highest BCUT2D eigenvalue weighted by Gasteiger charge is 2.16. The van der Waals surface area contributed by atoms with Crippen LogP contribution in [-0.2, 0) is 9.53 Å². The molecule has 0 radical (unpaired) electrons. The number of esters is 1. The van der Waals surface area contributed by atoms with Gasteiger partial charge in [0.2, 0.25) is 5.91 Å². The Morgan fingerprint density at radius 1 is 0.828 bits per heavy atom. The van der Waals surface area contributed by atoms with E-state index in [-0.39, 0.29) is 18.3 Å². The van der Waals surface area contributed by atoms with Crippen LogP contribution in [0.3, 0.4) is 0 Å². The fraction of sp³-hybridized carbons (Fsp3) is 0.125. The molecule has 1 N–H and O–H groups in total. The minimum absolute atomic E-state index is 0.102. The van der Waals surface area contributed by atoms with Crippen molar-refractivity contribution in [2.75, 3.05) is 11.9 Å². The molecule has 0 saturated carbocycles. The van der Waals surface area contributed by atoms with Gasteiger partial charge in [-0.1, -0.05) is 55.5 Å². The van der Waals surface area contributed by atoms with E-state index in [1.54, 1.807) is 43.3 Å². The second kappa shape index (κ2) is 9.46. The summed E-state index contributed by atoms with van der Waals surface area (Å²) in [5.74, 6) is -0.969. The van der Waals surface area contributed by atoms with Crippen LogP contribution >= 0.6 is 0 Å². The van der Waals surface area contributed by atoms with Crippen LogP contribution < -0.4 is 5.32 Å². The summed E-state index contributed by atoms with van der Waals surface area (Å²) in [6.07, 6.45) is 0.376. The summed E-state index contributed by atoms with van der Waals surface area (Å²) in [4.78, 5) is 36.3. The van der Waals surface area contributed by atoms with Gasteiger partial charge in [0.05, 0.1) is 5.56 Å². The molecule has 0 fully saturated rings. The van der Waals surface area contributed by atoms with Crippen LogP contribution in [0, 0.1) is 0 Å². The third kappa shape index (κ3) is 5.17. The molecule has 3 aromatic rings. The van der Waals surface area contributed by atoms with Gasteiger partial charge >= 0.3 is 5.97 Å². The lowest BCUT2D eigenvalue weighted by Gasteiger charge is -2.10. The van der Waals surface area contributed by atoms with Crippen LogP contribution in [0.4, 0.5) is 5.69 Å². The zero-order valence-corrected chi connectivity index (χ0v) is 16.1. The van der Waals surface area contributed by atoms with Gasteiger partial charge < -0.3 is 10.1 Å². The van der Waals surface area contributed by atoms with Crippen LogP contribution in [0.1, 0.15) is 34.1 Å². The first kappa shape index (κ1) is 20.0. The van der Waals surface area contributed by atoms with E-state index in [0.717, 1.165) is 11.1 Å². The molecule has 0 saturated heterocycles. The van der Waals surface area contributed by atoms with E-state index < -0.39 is 5.97 Å². The quantitative estimate of drug-likeness (QED) is 0.469. The lowest BCUT2D eigenvalue weighted by atomic mass is 10.00. The largest absolute Gasteiger partial charge is 0.454 e. The van der Waals surface area contributed by atoms with Crippen molar-refractivity contribution in [1.82, 2.24) is 0 Å². The monoisotopic (exact) mass is 387 g/mol. The molecule has 5 nitrogen and oxygen atoms in total. The van der Waals surface area contributed by atoms with Crippen molar-refractivity contribution < 1.29 is 19.1 Å². The van der Waals surface area contributed by atoms with Crippen molar-refractivity contribution in [2.24, 2.45) is 0 Å². The topological polar surface area (TPSA) is 72.5 Å². The zero-order valence-electron chi connectivity index (χ0n) is 16.1. The maximum atomic E-state index is 12.6. The van der Waals surface area contributed by atoms with Crippen molar-refractivity contribution in [1.29, 1.82) is 0 Å². The van der Waals surface area contributed by atoms with Gasteiger partial charge in [-0.05, 0) is 41.5 Å². The Kier molecular flexibility index (Phi) is 6.53. The zero-order chi connectivity index (χ0) is 20.6. The first-order valence-corrected chi connectivity index (χ1v) is 9.33. The summed E-state index contributed by atoms with van der Waals surface area (Å²) in [7, 11) is 0. The van der Waals surface area contributed by atoms with Gasteiger partial charge in [0.1, 0.15) is 0 Å². The van der Waals surface area contributed by atoms with Crippen LogP contribution in [0.5, 0.6) is 0 Å². The molecule has 5 heteroatoms. The van der Waals surface area contributed by atoms with E-state index in [4.69, 9.17) is 4.74 Å². The molecule has 0 unspecified atom stereocenters. The van der Waals surface area contributed by atoms with E-state index in [0.29, 0.717) is 23.2 Å². The summed E-state index contributed by atoms with van der Waals surface area (Å²) in [6, 6.07) is 23.1. The second-order valence-electron chi connectivity index (χ2n) is 6.39. The maximum absolute atomic E-state index is 12.6. The fourth-order valence-corrected chi connectivity index (χ4v) is 2.81. The molecule has 0 aliphatic rings. The fourth-order valence-electron chi connectivity index (χ4n) is 2.81. The minimum Gasteiger partial charge on any atom is -0.454 e.